The molecule has 5 nitrogen and oxygen atoms in total. The van der Waals surface area contributed by atoms with Crippen LogP contribution in [0.15, 0.2) is 30.3 Å². The largest absolute Gasteiger partial charge is 0.378 e. The van der Waals surface area contributed by atoms with E-state index in [0.717, 1.165) is 38.9 Å². The second kappa shape index (κ2) is 9.16. The van der Waals surface area contributed by atoms with Gasteiger partial charge in [0.2, 0.25) is 5.91 Å². The Balaban J connectivity index is 1.54. The van der Waals surface area contributed by atoms with Crippen LogP contribution in [0.4, 0.5) is 0 Å². The number of nitrogens with two attached hydrogens (primary N) is 1. The van der Waals surface area contributed by atoms with Gasteiger partial charge in [-0.05, 0) is 38.7 Å². The number of likely N-dealkylation sites (tertiary alicyclic amines) is 1. The van der Waals surface area contributed by atoms with Crippen molar-refractivity contribution in [2.24, 2.45) is 5.73 Å². The molecule has 0 aromatic heterocycles. The van der Waals surface area contributed by atoms with Crippen LogP contribution < -0.4 is 11.1 Å². The quantitative estimate of drug-likeness (QED) is 0.713. The van der Waals surface area contributed by atoms with E-state index in [2.05, 4.69) is 40.5 Å². The van der Waals surface area contributed by atoms with Gasteiger partial charge in [-0.15, -0.1) is 0 Å². The van der Waals surface area contributed by atoms with Gasteiger partial charge in [0.25, 0.3) is 0 Å². The monoisotopic (exact) mass is 333 g/mol. The van der Waals surface area contributed by atoms with Crippen LogP contribution in [0.1, 0.15) is 38.7 Å². The fraction of sp³-hybridized carbons (Fsp3) is 0.632. The highest BCUT2D eigenvalue weighted by atomic mass is 16.5. The van der Waals surface area contributed by atoms with E-state index in [9.17, 15) is 4.79 Å². The third-order valence-electron chi connectivity index (χ3n) is 4.33. The third kappa shape index (κ3) is 6.59. The maximum atomic E-state index is 11.6. The number of rotatable bonds is 8. The Kier molecular flexibility index (Phi) is 7.21. The van der Waals surface area contributed by atoms with Crippen LogP contribution in [0.3, 0.4) is 0 Å². The average molecular weight is 333 g/mol. The summed E-state index contributed by atoms with van der Waals surface area (Å²) in [5.74, 6) is -0.114. The molecule has 2 rings (SSSR count). The number of nitrogens with zero attached hydrogens (tertiary/aromatic N) is 1. The van der Waals surface area contributed by atoms with E-state index in [1.807, 2.05) is 0 Å². The summed E-state index contributed by atoms with van der Waals surface area (Å²) in [5.41, 5.74) is 6.29. The average Bonchev–Trinajstić information content (AvgIpc) is 2.56. The second-order valence-electron chi connectivity index (χ2n) is 7.16. The second-order valence-corrected chi connectivity index (χ2v) is 7.16. The zero-order chi connectivity index (χ0) is 17.4. The van der Waals surface area contributed by atoms with Crippen molar-refractivity contribution in [1.82, 2.24) is 10.2 Å². The molecule has 1 fully saturated rings. The highest BCUT2D eigenvalue weighted by Crippen LogP contribution is 2.16. The Labute approximate surface area is 145 Å². The molecule has 1 aromatic carbocycles. The molecule has 1 aliphatic rings. The fourth-order valence-electron chi connectivity index (χ4n) is 2.83. The van der Waals surface area contributed by atoms with Crippen molar-refractivity contribution < 1.29 is 9.53 Å². The summed E-state index contributed by atoms with van der Waals surface area (Å²) in [4.78, 5) is 14.1. The lowest BCUT2D eigenvalue weighted by Gasteiger charge is -2.32. The van der Waals surface area contributed by atoms with Crippen LogP contribution >= 0.6 is 0 Å². The molecular formula is C19H31N3O2. The predicted molar refractivity (Wildman–Crippen MR) is 96.6 cm³/mol. The standard InChI is InChI=1S/C19H31N3O2/c1-19(2,20)18(23)21-11-6-14-24-17-9-12-22(13-10-17)15-16-7-4-3-5-8-16/h3-5,7-8,17H,6,9-15,20H2,1-2H3,(H,21,23). The lowest BCUT2D eigenvalue weighted by molar-refractivity contribution is -0.125. The first-order valence-corrected chi connectivity index (χ1v) is 8.90. The minimum atomic E-state index is -0.813. The highest BCUT2D eigenvalue weighted by molar-refractivity contribution is 5.84. The third-order valence-corrected chi connectivity index (χ3v) is 4.33. The van der Waals surface area contributed by atoms with E-state index in [4.69, 9.17) is 10.5 Å². The van der Waals surface area contributed by atoms with Gasteiger partial charge in [0.05, 0.1) is 11.6 Å². The van der Waals surface area contributed by atoms with Gasteiger partial charge < -0.3 is 15.8 Å². The minimum Gasteiger partial charge on any atom is -0.378 e. The molecule has 24 heavy (non-hydrogen) atoms. The number of benzene rings is 1. The van der Waals surface area contributed by atoms with Gasteiger partial charge in [-0.3, -0.25) is 9.69 Å². The Morgan fingerprint density at radius 1 is 1.29 bits per heavy atom. The zero-order valence-corrected chi connectivity index (χ0v) is 15.0. The first-order valence-electron chi connectivity index (χ1n) is 8.90. The van der Waals surface area contributed by atoms with Gasteiger partial charge in [0.1, 0.15) is 0 Å². The number of amides is 1. The topological polar surface area (TPSA) is 67.6 Å². The number of ether oxygens (including phenoxy) is 1. The van der Waals surface area contributed by atoms with Crippen molar-refractivity contribution in [2.75, 3.05) is 26.2 Å². The van der Waals surface area contributed by atoms with Crippen molar-refractivity contribution in [3.8, 4) is 0 Å². The van der Waals surface area contributed by atoms with Gasteiger partial charge in [0, 0.05) is 32.8 Å². The van der Waals surface area contributed by atoms with Crippen LogP contribution in [-0.2, 0) is 16.1 Å². The molecule has 1 saturated heterocycles. The van der Waals surface area contributed by atoms with Crippen LogP contribution in [0.2, 0.25) is 0 Å². The SMILES string of the molecule is CC(C)(N)C(=O)NCCCOC1CCN(Cc2ccccc2)CC1. The molecule has 1 aromatic rings. The van der Waals surface area contributed by atoms with Gasteiger partial charge in [-0.25, -0.2) is 0 Å². The number of carbonyl (C=O) groups excluding carboxylic acids is 1. The summed E-state index contributed by atoms with van der Waals surface area (Å²) < 4.78 is 5.94. The van der Waals surface area contributed by atoms with E-state index >= 15 is 0 Å². The predicted octanol–water partition coefficient (Wildman–Crippen LogP) is 1.91. The maximum absolute atomic E-state index is 11.6. The Morgan fingerprint density at radius 2 is 1.96 bits per heavy atom. The van der Waals surface area contributed by atoms with Crippen molar-refractivity contribution in [3.63, 3.8) is 0 Å². The summed E-state index contributed by atoms with van der Waals surface area (Å²) in [6.07, 6.45) is 3.33. The maximum Gasteiger partial charge on any atom is 0.239 e. The highest BCUT2D eigenvalue weighted by Gasteiger charge is 2.21. The van der Waals surface area contributed by atoms with E-state index < -0.39 is 5.54 Å². The van der Waals surface area contributed by atoms with Gasteiger partial charge in [-0.2, -0.15) is 0 Å². The number of hydrogen-bond donors (Lipinski definition) is 2. The lowest BCUT2D eigenvalue weighted by Crippen LogP contribution is -2.49. The van der Waals surface area contributed by atoms with Gasteiger partial charge in [-0.1, -0.05) is 30.3 Å². The fourth-order valence-corrected chi connectivity index (χ4v) is 2.83. The first kappa shape index (κ1) is 18.9. The smallest absolute Gasteiger partial charge is 0.239 e. The summed E-state index contributed by atoms with van der Waals surface area (Å²) >= 11 is 0. The Hall–Kier alpha value is -1.43. The normalized spacial score (nSPS) is 17.0. The summed E-state index contributed by atoms with van der Waals surface area (Å²) in [5, 5.41) is 2.84. The molecule has 1 heterocycles. The first-order chi connectivity index (χ1) is 11.4. The molecule has 5 heteroatoms. The Morgan fingerprint density at radius 3 is 2.58 bits per heavy atom. The van der Waals surface area contributed by atoms with E-state index in [1.165, 1.54) is 5.56 Å². The molecule has 0 saturated carbocycles. The van der Waals surface area contributed by atoms with Crippen LogP contribution in [0.25, 0.3) is 0 Å². The molecule has 0 aliphatic carbocycles. The van der Waals surface area contributed by atoms with E-state index in [1.54, 1.807) is 13.8 Å². The zero-order valence-electron chi connectivity index (χ0n) is 15.0. The van der Waals surface area contributed by atoms with E-state index in [0.29, 0.717) is 19.3 Å². The molecule has 0 spiro atoms. The molecule has 0 unspecified atom stereocenters. The number of carbonyl (C=O) groups is 1. The molecule has 3 N–H and O–H groups in total. The van der Waals surface area contributed by atoms with Gasteiger partial charge in [0.15, 0.2) is 0 Å². The van der Waals surface area contributed by atoms with Crippen molar-refractivity contribution >= 4 is 5.91 Å². The summed E-state index contributed by atoms with van der Waals surface area (Å²) in [6.45, 7) is 7.91. The van der Waals surface area contributed by atoms with E-state index in [-0.39, 0.29) is 5.91 Å². The van der Waals surface area contributed by atoms with Crippen molar-refractivity contribution in [2.45, 2.75) is 51.3 Å². The summed E-state index contributed by atoms with van der Waals surface area (Å²) in [7, 11) is 0. The van der Waals surface area contributed by atoms with Crippen LogP contribution in [0, 0.1) is 0 Å². The lowest BCUT2D eigenvalue weighted by atomic mass is 10.1. The molecule has 0 bridgehead atoms. The Bertz CT molecular complexity index is 491. The molecule has 0 radical (unpaired) electrons. The number of piperidine rings is 1. The molecule has 134 valence electrons. The summed E-state index contributed by atoms with van der Waals surface area (Å²) in [6, 6.07) is 10.6. The molecule has 1 aliphatic heterocycles. The minimum absolute atomic E-state index is 0.114. The van der Waals surface area contributed by atoms with Crippen molar-refractivity contribution in [3.05, 3.63) is 35.9 Å². The number of hydrogen-bond acceptors (Lipinski definition) is 4. The van der Waals surface area contributed by atoms with Crippen LogP contribution in [0.5, 0.6) is 0 Å². The van der Waals surface area contributed by atoms with Crippen molar-refractivity contribution in [1.29, 1.82) is 0 Å². The molecule has 1 amide bonds. The number of nitrogens with one attached hydrogen (secondary N) is 1. The molecule has 0 atom stereocenters. The molecular weight excluding hydrogens is 302 g/mol. The van der Waals surface area contributed by atoms with Gasteiger partial charge >= 0.3 is 0 Å². The van der Waals surface area contributed by atoms with Crippen LogP contribution in [-0.4, -0.2) is 48.7 Å².